The lowest BCUT2D eigenvalue weighted by Gasteiger charge is -2.38. The van der Waals surface area contributed by atoms with Gasteiger partial charge in [0.05, 0.1) is 7.11 Å². The number of nitrogens with zero attached hydrogens (tertiary/aromatic N) is 2. The molecule has 2 aliphatic rings. The Morgan fingerprint density at radius 1 is 1.04 bits per heavy atom. The van der Waals surface area contributed by atoms with Crippen LogP contribution in [-0.2, 0) is 16.0 Å². The maximum absolute atomic E-state index is 12.4. The van der Waals surface area contributed by atoms with E-state index in [0.717, 1.165) is 30.6 Å². The summed E-state index contributed by atoms with van der Waals surface area (Å²) in [4.78, 5) is 28.4. The van der Waals surface area contributed by atoms with E-state index < -0.39 is 0 Å². The molecular formula is C19H26N2O3. The van der Waals surface area contributed by atoms with Gasteiger partial charge >= 0.3 is 0 Å². The van der Waals surface area contributed by atoms with Crippen LogP contribution in [-0.4, -0.2) is 54.9 Å². The van der Waals surface area contributed by atoms with Gasteiger partial charge in [-0.25, -0.2) is 0 Å². The molecule has 1 heterocycles. The third-order valence-electron chi connectivity index (χ3n) is 5.19. The van der Waals surface area contributed by atoms with Gasteiger partial charge in [-0.15, -0.1) is 0 Å². The molecule has 2 amide bonds. The molecule has 1 aliphatic carbocycles. The summed E-state index contributed by atoms with van der Waals surface area (Å²) in [6.45, 7) is 2.70. The van der Waals surface area contributed by atoms with Crippen molar-refractivity contribution < 1.29 is 14.3 Å². The number of piperazine rings is 1. The molecule has 1 aromatic rings. The second kappa shape index (κ2) is 7.69. The highest BCUT2D eigenvalue weighted by Gasteiger charge is 2.31. The maximum Gasteiger partial charge on any atom is 0.225 e. The first-order valence-corrected chi connectivity index (χ1v) is 8.87. The molecule has 5 nitrogen and oxygen atoms in total. The van der Waals surface area contributed by atoms with Crippen molar-refractivity contribution in [3.63, 3.8) is 0 Å². The van der Waals surface area contributed by atoms with Crippen LogP contribution in [0.25, 0.3) is 0 Å². The highest BCUT2D eigenvalue weighted by molar-refractivity contribution is 5.80. The predicted octanol–water partition coefficient (Wildman–Crippen LogP) is 2.10. The quantitative estimate of drug-likeness (QED) is 0.831. The van der Waals surface area contributed by atoms with Crippen LogP contribution in [0.2, 0.25) is 0 Å². The smallest absolute Gasteiger partial charge is 0.225 e. The first-order chi connectivity index (χ1) is 11.7. The zero-order valence-electron chi connectivity index (χ0n) is 14.4. The molecule has 130 valence electrons. The van der Waals surface area contributed by atoms with Gasteiger partial charge in [0.25, 0.3) is 0 Å². The lowest BCUT2D eigenvalue weighted by atomic mass is 9.84. The average Bonchev–Trinajstić information content (AvgIpc) is 2.58. The van der Waals surface area contributed by atoms with Gasteiger partial charge in [-0.05, 0) is 37.0 Å². The van der Waals surface area contributed by atoms with Crippen LogP contribution in [0.1, 0.15) is 31.2 Å². The number of hydrogen-bond acceptors (Lipinski definition) is 3. The minimum absolute atomic E-state index is 0.182. The van der Waals surface area contributed by atoms with Crippen molar-refractivity contribution in [2.24, 2.45) is 5.92 Å². The fraction of sp³-hybridized carbons (Fsp3) is 0.579. The number of ether oxygens (including phenoxy) is 1. The Kier molecular flexibility index (Phi) is 5.38. The summed E-state index contributed by atoms with van der Waals surface area (Å²) in [7, 11) is 1.65. The number of amides is 2. The third-order valence-corrected chi connectivity index (χ3v) is 5.19. The van der Waals surface area contributed by atoms with Crippen molar-refractivity contribution in [3.05, 3.63) is 29.8 Å². The van der Waals surface area contributed by atoms with Crippen molar-refractivity contribution >= 4 is 11.8 Å². The number of rotatable bonds is 5. The fourth-order valence-corrected chi connectivity index (χ4v) is 3.29. The second-order valence-corrected chi connectivity index (χ2v) is 6.68. The maximum atomic E-state index is 12.4. The zero-order valence-corrected chi connectivity index (χ0v) is 14.4. The van der Waals surface area contributed by atoms with Crippen LogP contribution >= 0.6 is 0 Å². The van der Waals surface area contributed by atoms with Crippen molar-refractivity contribution in [1.82, 2.24) is 9.80 Å². The summed E-state index contributed by atoms with van der Waals surface area (Å²) in [5.74, 6) is 1.56. The number of benzene rings is 1. The summed E-state index contributed by atoms with van der Waals surface area (Å²) < 4.78 is 5.14. The fourth-order valence-electron chi connectivity index (χ4n) is 3.29. The van der Waals surface area contributed by atoms with Crippen LogP contribution in [0.3, 0.4) is 0 Å². The summed E-state index contributed by atoms with van der Waals surface area (Å²) in [6, 6.07) is 7.85. The Labute approximate surface area is 143 Å². The Bertz CT molecular complexity index is 573. The Morgan fingerprint density at radius 2 is 1.67 bits per heavy atom. The summed E-state index contributed by atoms with van der Waals surface area (Å²) >= 11 is 0. The number of carbonyl (C=O) groups excluding carboxylic acids is 2. The van der Waals surface area contributed by atoms with Gasteiger partial charge < -0.3 is 14.5 Å². The van der Waals surface area contributed by atoms with Crippen LogP contribution in [0.4, 0.5) is 0 Å². The van der Waals surface area contributed by atoms with Gasteiger partial charge in [0.1, 0.15) is 5.75 Å². The van der Waals surface area contributed by atoms with Crippen LogP contribution in [0.5, 0.6) is 5.75 Å². The minimum atomic E-state index is 0.182. The van der Waals surface area contributed by atoms with Gasteiger partial charge in [0.2, 0.25) is 11.8 Å². The Morgan fingerprint density at radius 3 is 2.21 bits per heavy atom. The highest BCUT2D eigenvalue weighted by Crippen LogP contribution is 2.28. The van der Waals surface area contributed by atoms with E-state index in [4.69, 9.17) is 4.74 Å². The van der Waals surface area contributed by atoms with Gasteiger partial charge in [-0.3, -0.25) is 9.59 Å². The third kappa shape index (κ3) is 3.89. The number of carbonyl (C=O) groups is 2. The van der Waals surface area contributed by atoms with E-state index in [-0.39, 0.29) is 11.8 Å². The van der Waals surface area contributed by atoms with Crippen molar-refractivity contribution in [3.8, 4) is 5.75 Å². The topological polar surface area (TPSA) is 49.9 Å². The summed E-state index contributed by atoms with van der Waals surface area (Å²) in [5.41, 5.74) is 1.14. The van der Waals surface area contributed by atoms with Gasteiger partial charge in [-0.1, -0.05) is 18.6 Å². The lowest BCUT2D eigenvalue weighted by molar-refractivity contribution is -0.144. The molecular weight excluding hydrogens is 304 g/mol. The van der Waals surface area contributed by atoms with Crippen molar-refractivity contribution in [1.29, 1.82) is 0 Å². The van der Waals surface area contributed by atoms with Gasteiger partial charge in [0, 0.05) is 38.5 Å². The molecule has 5 heteroatoms. The Hall–Kier alpha value is -2.04. The molecule has 1 saturated heterocycles. The van der Waals surface area contributed by atoms with E-state index in [0.29, 0.717) is 38.5 Å². The first kappa shape index (κ1) is 16.8. The monoisotopic (exact) mass is 330 g/mol. The van der Waals surface area contributed by atoms with Crippen LogP contribution in [0, 0.1) is 5.92 Å². The van der Waals surface area contributed by atoms with E-state index >= 15 is 0 Å². The van der Waals surface area contributed by atoms with E-state index in [1.165, 1.54) is 6.42 Å². The second-order valence-electron chi connectivity index (χ2n) is 6.68. The normalized spacial score (nSPS) is 18.2. The predicted molar refractivity (Wildman–Crippen MR) is 91.8 cm³/mol. The molecule has 0 unspecified atom stereocenters. The molecule has 2 fully saturated rings. The molecule has 3 rings (SSSR count). The Balaban J connectivity index is 1.42. The molecule has 0 aromatic heterocycles. The number of methoxy groups -OCH3 is 1. The van der Waals surface area contributed by atoms with E-state index in [1.54, 1.807) is 7.11 Å². The molecule has 1 aromatic carbocycles. The molecule has 1 aliphatic heterocycles. The van der Waals surface area contributed by atoms with Crippen LogP contribution < -0.4 is 4.74 Å². The van der Waals surface area contributed by atoms with E-state index in [9.17, 15) is 9.59 Å². The van der Waals surface area contributed by atoms with Crippen LogP contribution in [0.15, 0.2) is 24.3 Å². The van der Waals surface area contributed by atoms with E-state index in [2.05, 4.69) is 0 Å². The van der Waals surface area contributed by atoms with Gasteiger partial charge in [0.15, 0.2) is 0 Å². The summed E-state index contributed by atoms with van der Waals surface area (Å²) in [5, 5.41) is 0. The van der Waals surface area contributed by atoms with Crippen molar-refractivity contribution in [2.75, 3.05) is 33.3 Å². The average molecular weight is 330 g/mol. The highest BCUT2D eigenvalue weighted by atomic mass is 16.5. The van der Waals surface area contributed by atoms with Gasteiger partial charge in [-0.2, -0.15) is 0 Å². The molecule has 24 heavy (non-hydrogen) atoms. The first-order valence-electron chi connectivity index (χ1n) is 8.87. The number of aryl methyl sites for hydroxylation is 1. The molecule has 0 spiro atoms. The minimum Gasteiger partial charge on any atom is -0.497 e. The number of hydrogen-bond donors (Lipinski definition) is 0. The largest absolute Gasteiger partial charge is 0.497 e. The van der Waals surface area contributed by atoms with Crippen molar-refractivity contribution in [2.45, 2.75) is 32.1 Å². The zero-order chi connectivity index (χ0) is 16.9. The molecule has 0 bridgehead atoms. The molecule has 0 atom stereocenters. The molecule has 1 saturated carbocycles. The molecule has 0 N–H and O–H groups in total. The lowest BCUT2D eigenvalue weighted by Crippen LogP contribution is -2.52. The summed E-state index contributed by atoms with van der Waals surface area (Å²) in [6.07, 6.45) is 4.52. The van der Waals surface area contributed by atoms with E-state index in [1.807, 2.05) is 34.1 Å². The SMILES string of the molecule is COc1ccc(CCC(=O)N2CCN(C(=O)C3CCC3)CC2)cc1. The standard InChI is InChI=1S/C19H26N2O3/c1-24-17-8-5-15(6-9-17)7-10-18(22)20-11-13-21(14-12-20)19(23)16-3-2-4-16/h5-6,8-9,16H,2-4,7,10-14H2,1H3. The molecule has 0 radical (unpaired) electrons.